The average molecular weight is 385 g/mol. The molecule has 0 heterocycles. The summed E-state index contributed by atoms with van der Waals surface area (Å²) < 4.78 is 0. The van der Waals surface area contributed by atoms with Crippen molar-refractivity contribution in [3.05, 3.63) is 40.8 Å². The van der Waals surface area contributed by atoms with E-state index in [2.05, 4.69) is 40.7 Å². The normalized spacial score (nSPS) is 9.33. The molecule has 0 aliphatic rings. The second-order valence-electron chi connectivity index (χ2n) is 3.23. The third kappa shape index (κ3) is 2.09. The molecule has 0 radical (unpaired) electrons. The second kappa shape index (κ2) is 4.40. The van der Waals surface area contributed by atoms with Gasteiger partial charge in [-0.05, 0) is 6.92 Å². The molecule has 1 aromatic carbocycles. The van der Waals surface area contributed by atoms with E-state index in [-0.39, 0.29) is 31.1 Å². The van der Waals surface area contributed by atoms with Crippen LogP contribution in [0, 0.1) is 65.7 Å². The Balaban J connectivity index is 0.00000121. The molecule has 0 bridgehead atoms. The number of hydrogen-bond donors (Lipinski definition) is 0. The van der Waals surface area contributed by atoms with Crippen molar-refractivity contribution in [3.8, 4) is 0 Å². The predicted octanol–water partition coefficient (Wildman–Crippen LogP) is 3.10. The zero-order chi connectivity index (χ0) is 8.59. The Labute approximate surface area is 99.1 Å². The van der Waals surface area contributed by atoms with Crippen molar-refractivity contribution in [2.45, 2.75) is 27.7 Å². The fourth-order valence-corrected chi connectivity index (χ4v) is 1.30. The maximum absolute atomic E-state index is 3.98. The summed E-state index contributed by atoms with van der Waals surface area (Å²) in [7, 11) is 0. The molecule has 0 nitrogen and oxygen atoms in total. The molecule has 0 aromatic heterocycles. The van der Waals surface area contributed by atoms with Gasteiger partial charge in [0.1, 0.15) is 0 Å². The van der Waals surface area contributed by atoms with Gasteiger partial charge in [0.25, 0.3) is 0 Å². The summed E-state index contributed by atoms with van der Waals surface area (Å²) in [6.45, 7) is 12.6. The first-order chi connectivity index (χ1) is 5.04. The van der Waals surface area contributed by atoms with Crippen molar-refractivity contribution < 1.29 is 31.1 Å². The fourth-order valence-electron chi connectivity index (χ4n) is 1.30. The predicted molar refractivity (Wildman–Crippen MR) is 49.8 cm³/mol. The molecule has 0 atom stereocenters. The van der Waals surface area contributed by atoms with E-state index in [1.165, 1.54) is 22.3 Å². The van der Waals surface area contributed by atoms with Crippen LogP contribution in [-0.4, -0.2) is 0 Å². The van der Waals surface area contributed by atoms with Gasteiger partial charge < -0.3 is 0 Å². The van der Waals surface area contributed by atoms with Crippen LogP contribution in [0.1, 0.15) is 27.8 Å². The van der Waals surface area contributed by atoms with E-state index in [9.17, 15) is 0 Å². The van der Waals surface area contributed by atoms with Crippen molar-refractivity contribution in [1.29, 1.82) is 0 Å². The minimum atomic E-state index is 0. The van der Waals surface area contributed by atoms with Gasteiger partial charge in [-0.1, -0.05) is 26.3 Å². The maximum Gasteiger partial charge on any atom is 2.00 e. The first-order valence-corrected chi connectivity index (χ1v) is 3.93. The summed E-state index contributed by atoms with van der Waals surface area (Å²) in [4.78, 5) is 0. The van der Waals surface area contributed by atoms with Gasteiger partial charge in [-0.2, -0.15) is 18.6 Å². The minimum absolute atomic E-state index is 0. The summed E-state index contributed by atoms with van der Waals surface area (Å²) in [5, 5.41) is 0. The molecule has 0 fully saturated rings. The molecule has 0 N–H and O–H groups in total. The summed E-state index contributed by atoms with van der Waals surface area (Å²) in [5.74, 6) is 0. The average Bonchev–Trinajstić information content (AvgIpc) is 1.97. The van der Waals surface area contributed by atoms with E-state index >= 15 is 0 Å². The molecule has 0 amide bonds. The topological polar surface area (TPSA) is 0 Å². The summed E-state index contributed by atoms with van der Waals surface area (Å²) in [5.41, 5.74) is 6.61. The zero-order valence-electron chi connectivity index (χ0n) is 8.28. The van der Waals surface area contributed by atoms with Crippen LogP contribution in [0.25, 0.3) is 0 Å². The molecular formula is C11H15U+. The van der Waals surface area contributed by atoms with Crippen LogP contribution in [-0.2, 0) is 0 Å². The van der Waals surface area contributed by atoms with E-state index < -0.39 is 0 Å². The van der Waals surface area contributed by atoms with Crippen LogP contribution >= 0.6 is 0 Å². The van der Waals surface area contributed by atoms with Gasteiger partial charge in [-0.3, -0.25) is 0 Å². The van der Waals surface area contributed by atoms with Gasteiger partial charge in [0, 0.05) is 0 Å². The van der Waals surface area contributed by atoms with Crippen LogP contribution in [0.3, 0.4) is 0 Å². The zero-order valence-corrected chi connectivity index (χ0v) is 12.4. The number of benzene rings is 1. The third-order valence-corrected chi connectivity index (χ3v) is 2.59. The Hall–Kier alpha value is 0.142. The number of aryl methyl sites for hydroxylation is 1. The number of rotatable bonds is 0. The van der Waals surface area contributed by atoms with Crippen molar-refractivity contribution in [2.24, 2.45) is 0 Å². The summed E-state index contributed by atoms with van der Waals surface area (Å²) >= 11 is 0. The Morgan fingerprint density at radius 1 is 0.917 bits per heavy atom. The molecule has 0 unspecified atom stereocenters. The number of hydrogen-bond acceptors (Lipinski definition) is 0. The minimum Gasteiger partial charge on any atom is -0.198 e. The summed E-state index contributed by atoms with van der Waals surface area (Å²) in [6.07, 6.45) is 0. The maximum atomic E-state index is 3.98. The Morgan fingerprint density at radius 3 is 1.92 bits per heavy atom. The smallest absolute Gasteiger partial charge is 0.198 e. The molecule has 1 rings (SSSR count). The van der Waals surface area contributed by atoms with Gasteiger partial charge in [0.2, 0.25) is 0 Å². The van der Waals surface area contributed by atoms with Crippen LogP contribution < -0.4 is 0 Å². The van der Waals surface area contributed by atoms with Crippen LogP contribution in [0.2, 0.25) is 0 Å². The third-order valence-electron chi connectivity index (χ3n) is 2.59. The Bertz CT molecular complexity index is 261. The molecule has 12 heavy (non-hydrogen) atoms. The van der Waals surface area contributed by atoms with Crippen LogP contribution in [0.4, 0.5) is 0 Å². The summed E-state index contributed by atoms with van der Waals surface area (Å²) in [6, 6.07) is 2.15. The molecule has 0 aliphatic heterocycles. The second-order valence-corrected chi connectivity index (χ2v) is 3.23. The van der Waals surface area contributed by atoms with Crippen molar-refractivity contribution in [1.82, 2.24) is 0 Å². The van der Waals surface area contributed by atoms with Gasteiger partial charge in [0.05, 0.1) is 0 Å². The van der Waals surface area contributed by atoms with Crippen molar-refractivity contribution in [2.75, 3.05) is 0 Å². The van der Waals surface area contributed by atoms with E-state index in [1.807, 2.05) is 0 Å². The van der Waals surface area contributed by atoms with E-state index in [0.29, 0.717) is 0 Å². The van der Waals surface area contributed by atoms with E-state index in [1.54, 1.807) is 0 Å². The fraction of sp³-hybridized carbons (Fsp3) is 0.364. The Morgan fingerprint density at radius 2 is 1.42 bits per heavy atom. The molecule has 0 saturated carbocycles. The molecule has 1 aromatic rings. The molecule has 62 valence electrons. The van der Waals surface area contributed by atoms with Gasteiger partial charge in [0.15, 0.2) is 0 Å². The van der Waals surface area contributed by atoms with Crippen LogP contribution in [0.5, 0.6) is 0 Å². The molecule has 0 spiro atoms. The first kappa shape index (κ1) is 12.1. The quantitative estimate of drug-likeness (QED) is 0.603. The van der Waals surface area contributed by atoms with E-state index in [0.717, 1.165) is 5.56 Å². The largest absolute Gasteiger partial charge is 2.00 e. The molecule has 1 heteroatoms. The molecule has 0 aliphatic carbocycles. The van der Waals surface area contributed by atoms with Gasteiger partial charge >= 0.3 is 31.1 Å². The van der Waals surface area contributed by atoms with Crippen molar-refractivity contribution in [3.63, 3.8) is 0 Å². The van der Waals surface area contributed by atoms with Crippen LogP contribution in [0.15, 0.2) is 6.07 Å². The SMILES string of the molecule is [CH2-]c1cc(C)c(C)c(C)c1C.[U+2]. The molecular weight excluding hydrogens is 370 g/mol. The molecule has 0 saturated heterocycles. The Kier molecular flexibility index (Phi) is 4.45. The van der Waals surface area contributed by atoms with Gasteiger partial charge in [-0.25, -0.2) is 0 Å². The standard InChI is InChI=1S/C11H15.U/c1-7-6-8(2)10(4)11(5)9(7)3;/h6H,1H2,2-5H3;/q-1;+2. The van der Waals surface area contributed by atoms with Gasteiger partial charge in [-0.15, -0.1) is 16.7 Å². The monoisotopic (exact) mass is 385 g/mol. The first-order valence-electron chi connectivity index (χ1n) is 3.93. The van der Waals surface area contributed by atoms with Crippen molar-refractivity contribution >= 4 is 0 Å². The van der Waals surface area contributed by atoms with E-state index in [4.69, 9.17) is 0 Å².